The van der Waals surface area contributed by atoms with Gasteiger partial charge in [0.25, 0.3) is 0 Å². The highest BCUT2D eigenvalue weighted by Gasteiger charge is 2.44. The number of carboxylic acids is 2. The standard InChI is InChI=1S/C21H40N2O5/c1-5-6-7-8-9-10-11-12-13-14-15-16-17(24)22-18(20(25)26)19(21(27)28)23(2,3)4/h18-19H,5-16H2,1-4H3,(H2-,22,24,25,26,27,28)/p+1. The Labute approximate surface area is 170 Å². The summed E-state index contributed by atoms with van der Waals surface area (Å²) in [4.78, 5) is 35.1. The van der Waals surface area contributed by atoms with Crippen molar-refractivity contribution < 1.29 is 29.1 Å². The van der Waals surface area contributed by atoms with Gasteiger partial charge in [0, 0.05) is 6.42 Å². The number of likely N-dealkylation sites (N-methyl/N-ethyl adjacent to an activating group) is 1. The average molecular weight is 402 g/mol. The number of hydrogen-bond donors (Lipinski definition) is 3. The van der Waals surface area contributed by atoms with Crippen molar-refractivity contribution in [3.63, 3.8) is 0 Å². The maximum atomic E-state index is 12.1. The second-order valence-electron chi connectivity index (χ2n) is 8.57. The number of rotatable bonds is 17. The van der Waals surface area contributed by atoms with Gasteiger partial charge in [-0.15, -0.1) is 0 Å². The molecule has 2 unspecified atom stereocenters. The topological polar surface area (TPSA) is 104 Å². The number of nitrogens with zero attached hydrogens (tertiary/aromatic N) is 1. The normalized spacial score (nSPS) is 13.7. The molecule has 3 N–H and O–H groups in total. The lowest BCUT2D eigenvalue weighted by atomic mass is 10.0. The number of amides is 1. The summed E-state index contributed by atoms with van der Waals surface area (Å²) in [5.74, 6) is -2.97. The average Bonchev–Trinajstić information content (AvgIpc) is 2.57. The van der Waals surface area contributed by atoms with E-state index in [4.69, 9.17) is 0 Å². The Balaban J connectivity index is 4.08. The van der Waals surface area contributed by atoms with E-state index < -0.39 is 29.9 Å². The minimum atomic E-state index is -1.45. The van der Waals surface area contributed by atoms with E-state index in [1.807, 2.05) is 0 Å². The number of hydrogen-bond acceptors (Lipinski definition) is 3. The molecule has 0 rings (SSSR count). The first-order chi connectivity index (χ1) is 13.1. The molecule has 7 heteroatoms. The highest BCUT2D eigenvalue weighted by atomic mass is 16.4. The molecule has 0 saturated heterocycles. The monoisotopic (exact) mass is 401 g/mol. The predicted octanol–water partition coefficient (Wildman–Crippen LogP) is 3.42. The molecule has 0 aliphatic heterocycles. The van der Waals surface area contributed by atoms with E-state index in [1.54, 1.807) is 21.1 Å². The molecule has 164 valence electrons. The van der Waals surface area contributed by atoms with Gasteiger partial charge in [-0.25, -0.2) is 9.59 Å². The lowest BCUT2D eigenvalue weighted by molar-refractivity contribution is -0.887. The number of quaternary nitrogens is 1. The third kappa shape index (κ3) is 12.0. The summed E-state index contributed by atoms with van der Waals surface area (Å²) in [5.41, 5.74) is 0. The third-order valence-electron chi connectivity index (χ3n) is 4.99. The molecule has 0 bridgehead atoms. The molecule has 0 fully saturated rings. The largest absolute Gasteiger partial charge is 0.480 e. The van der Waals surface area contributed by atoms with Crippen LogP contribution in [0.15, 0.2) is 0 Å². The lowest BCUT2D eigenvalue weighted by Gasteiger charge is -2.34. The highest BCUT2D eigenvalue weighted by molar-refractivity contribution is 5.89. The van der Waals surface area contributed by atoms with Gasteiger partial charge in [0.1, 0.15) is 0 Å². The van der Waals surface area contributed by atoms with Crippen molar-refractivity contribution >= 4 is 17.8 Å². The van der Waals surface area contributed by atoms with Crippen LogP contribution in [0.3, 0.4) is 0 Å². The van der Waals surface area contributed by atoms with Crippen LogP contribution >= 0.6 is 0 Å². The van der Waals surface area contributed by atoms with E-state index in [9.17, 15) is 24.6 Å². The Morgan fingerprint density at radius 2 is 1.18 bits per heavy atom. The number of unbranched alkanes of at least 4 members (excludes halogenated alkanes) is 10. The van der Waals surface area contributed by atoms with Crippen LogP contribution in [0, 0.1) is 0 Å². The van der Waals surface area contributed by atoms with Crippen LogP contribution in [0.5, 0.6) is 0 Å². The first kappa shape index (κ1) is 26.4. The van der Waals surface area contributed by atoms with Crippen LogP contribution in [0.25, 0.3) is 0 Å². The summed E-state index contributed by atoms with van der Waals surface area (Å²) in [6.45, 7) is 2.22. The summed E-state index contributed by atoms with van der Waals surface area (Å²) < 4.78 is -0.0922. The first-order valence-corrected chi connectivity index (χ1v) is 10.7. The molecule has 0 aromatic heterocycles. The third-order valence-corrected chi connectivity index (χ3v) is 4.99. The van der Waals surface area contributed by atoms with Crippen molar-refractivity contribution in [3.8, 4) is 0 Å². The van der Waals surface area contributed by atoms with Gasteiger partial charge in [0.2, 0.25) is 11.9 Å². The van der Waals surface area contributed by atoms with Gasteiger partial charge >= 0.3 is 11.9 Å². The number of carboxylic acid groups (broad SMARTS) is 2. The zero-order valence-electron chi connectivity index (χ0n) is 18.2. The maximum Gasteiger partial charge on any atom is 0.365 e. The van der Waals surface area contributed by atoms with E-state index in [2.05, 4.69) is 12.2 Å². The van der Waals surface area contributed by atoms with Crippen molar-refractivity contribution in [1.29, 1.82) is 0 Å². The molecule has 0 saturated carbocycles. The highest BCUT2D eigenvalue weighted by Crippen LogP contribution is 2.13. The van der Waals surface area contributed by atoms with E-state index in [0.29, 0.717) is 6.42 Å². The van der Waals surface area contributed by atoms with Crippen LogP contribution in [-0.2, 0) is 14.4 Å². The van der Waals surface area contributed by atoms with Crippen molar-refractivity contribution in [1.82, 2.24) is 5.32 Å². The Morgan fingerprint density at radius 1 is 0.750 bits per heavy atom. The van der Waals surface area contributed by atoms with Crippen LogP contribution in [0.1, 0.15) is 84.0 Å². The zero-order valence-corrected chi connectivity index (χ0v) is 18.2. The summed E-state index contributed by atoms with van der Waals surface area (Å²) in [6.07, 6.45) is 13.1. The summed E-state index contributed by atoms with van der Waals surface area (Å²) in [6, 6.07) is -2.70. The number of carbonyl (C=O) groups is 3. The minimum Gasteiger partial charge on any atom is -0.480 e. The first-order valence-electron chi connectivity index (χ1n) is 10.7. The van der Waals surface area contributed by atoms with Crippen LogP contribution in [0.2, 0.25) is 0 Å². The van der Waals surface area contributed by atoms with Crippen LogP contribution in [0.4, 0.5) is 0 Å². The molecule has 28 heavy (non-hydrogen) atoms. The van der Waals surface area contributed by atoms with Crippen molar-refractivity contribution in [3.05, 3.63) is 0 Å². The Kier molecular flexibility index (Phi) is 13.5. The van der Waals surface area contributed by atoms with Crippen molar-refractivity contribution in [2.75, 3.05) is 21.1 Å². The van der Waals surface area contributed by atoms with Gasteiger partial charge in [-0.2, -0.15) is 0 Å². The maximum absolute atomic E-state index is 12.1. The Morgan fingerprint density at radius 3 is 1.54 bits per heavy atom. The fraction of sp³-hybridized carbons (Fsp3) is 0.857. The molecule has 0 heterocycles. The van der Waals surface area contributed by atoms with Gasteiger partial charge in [-0.3, -0.25) is 4.79 Å². The van der Waals surface area contributed by atoms with Gasteiger partial charge in [0.05, 0.1) is 21.1 Å². The molecule has 0 aliphatic rings. The number of aliphatic carboxylic acids is 2. The number of nitrogens with one attached hydrogen (secondary N) is 1. The summed E-state index contributed by atoms with van der Waals surface area (Å²) in [7, 11) is 4.81. The SMILES string of the molecule is CCCCCCCCCCCCCC(=O)NC(C(=O)O)C(C(=O)O)[N+](C)(C)C. The van der Waals surface area contributed by atoms with Gasteiger partial charge in [-0.05, 0) is 6.42 Å². The summed E-state index contributed by atoms with van der Waals surface area (Å²) >= 11 is 0. The van der Waals surface area contributed by atoms with Crippen LogP contribution in [-0.4, -0.2) is 65.8 Å². The second-order valence-corrected chi connectivity index (χ2v) is 8.57. The molecule has 0 radical (unpaired) electrons. The molecule has 0 aromatic carbocycles. The van der Waals surface area contributed by atoms with Crippen molar-refractivity contribution in [2.24, 2.45) is 0 Å². The van der Waals surface area contributed by atoms with Crippen molar-refractivity contribution in [2.45, 2.75) is 96.1 Å². The van der Waals surface area contributed by atoms with E-state index in [-0.39, 0.29) is 10.9 Å². The Bertz CT molecular complexity index is 474. The molecule has 1 amide bonds. The van der Waals surface area contributed by atoms with E-state index in [1.165, 1.54) is 44.9 Å². The molecular formula is C21H41N2O5+. The van der Waals surface area contributed by atoms with E-state index >= 15 is 0 Å². The summed E-state index contributed by atoms with van der Waals surface area (Å²) in [5, 5.41) is 21.2. The molecule has 0 spiro atoms. The lowest BCUT2D eigenvalue weighted by Crippen LogP contribution is -2.63. The van der Waals surface area contributed by atoms with Gasteiger partial charge < -0.3 is 20.0 Å². The van der Waals surface area contributed by atoms with E-state index in [0.717, 1.165) is 19.3 Å². The second kappa shape index (κ2) is 14.4. The predicted molar refractivity (Wildman–Crippen MR) is 110 cm³/mol. The smallest absolute Gasteiger partial charge is 0.365 e. The Hall–Kier alpha value is -1.63. The zero-order chi connectivity index (χ0) is 21.6. The molecular weight excluding hydrogens is 360 g/mol. The molecule has 2 atom stereocenters. The molecule has 0 aromatic rings. The number of carbonyl (C=O) groups excluding carboxylic acids is 1. The quantitative estimate of drug-likeness (QED) is 0.256. The van der Waals surface area contributed by atoms with Gasteiger partial charge in [-0.1, -0.05) is 71.1 Å². The molecule has 0 aliphatic carbocycles. The van der Waals surface area contributed by atoms with Crippen LogP contribution < -0.4 is 5.32 Å². The fourth-order valence-corrected chi connectivity index (χ4v) is 3.39. The molecule has 7 nitrogen and oxygen atoms in total. The van der Waals surface area contributed by atoms with Gasteiger partial charge in [0.15, 0.2) is 6.04 Å². The minimum absolute atomic E-state index is 0.0922. The fourth-order valence-electron chi connectivity index (χ4n) is 3.39.